The molecule has 0 aliphatic rings. The Labute approximate surface area is 232 Å². The standard InChI is InChI=1S/C26H26Cl3N3O4S/c1-17-21(27)11-8-14-24(17)32(37(35,36)19-9-5-4-6-10-19)16-25(33)31(18(2)26(34)30-3)15-20-22(28)12-7-13-23(20)29/h4-14,18H,15-16H2,1-3H3,(H,30,34). The molecule has 0 aromatic heterocycles. The molecular formula is C26H26Cl3N3O4S. The van der Waals surface area contributed by atoms with E-state index in [-0.39, 0.29) is 17.1 Å². The average molecular weight is 583 g/mol. The van der Waals surface area contributed by atoms with Crippen molar-refractivity contribution in [3.05, 3.63) is 92.9 Å². The molecule has 11 heteroatoms. The van der Waals surface area contributed by atoms with Crippen molar-refractivity contribution in [2.24, 2.45) is 0 Å². The molecule has 0 radical (unpaired) electrons. The number of amides is 2. The van der Waals surface area contributed by atoms with Crippen LogP contribution in [0.2, 0.25) is 15.1 Å². The van der Waals surface area contributed by atoms with Gasteiger partial charge >= 0.3 is 0 Å². The van der Waals surface area contributed by atoms with E-state index in [4.69, 9.17) is 34.8 Å². The van der Waals surface area contributed by atoms with Gasteiger partial charge in [0.05, 0.1) is 10.6 Å². The van der Waals surface area contributed by atoms with Crippen molar-refractivity contribution in [2.45, 2.75) is 31.3 Å². The van der Waals surface area contributed by atoms with Gasteiger partial charge in [0, 0.05) is 34.2 Å². The number of anilines is 1. The number of likely N-dealkylation sites (N-methyl/N-ethyl adjacent to an activating group) is 1. The molecule has 1 atom stereocenters. The number of hydrogen-bond donors (Lipinski definition) is 1. The van der Waals surface area contributed by atoms with E-state index in [1.807, 2.05) is 0 Å². The summed E-state index contributed by atoms with van der Waals surface area (Å²) in [5.74, 6) is -1.07. The summed E-state index contributed by atoms with van der Waals surface area (Å²) in [6.07, 6.45) is 0. The maximum Gasteiger partial charge on any atom is 0.264 e. The van der Waals surface area contributed by atoms with Gasteiger partial charge in [-0.05, 0) is 55.8 Å². The molecule has 0 heterocycles. The van der Waals surface area contributed by atoms with Crippen LogP contribution in [0.25, 0.3) is 0 Å². The Morgan fingerprint density at radius 1 is 0.892 bits per heavy atom. The van der Waals surface area contributed by atoms with Crippen molar-refractivity contribution in [1.82, 2.24) is 10.2 Å². The highest BCUT2D eigenvalue weighted by molar-refractivity contribution is 7.92. The van der Waals surface area contributed by atoms with E-state index in [9.17, 15) is 18.0 Å². The zero-order valence-corrected chi connectivity index (χ0v) is 23.5. The molecule has 2 amide bonds. The molecule has 37 heavy (non-hydrogen) atoms. The van der Waals surface area contributed by atoms with Gasteiger partial charge in [-0.1, -0.05) is 65.1 Å². The van der Waals surface area contributed by atoms with E-state index in [1.165, 1.54) is 24.1 Å². The van der Waals surface area contributed by atoms with Crippen molar-refractivity contribution in [3.63, 3.8) is 0 Å². The van der Waals surface area contributed by atoms with E-state index in [1.54, 1.807) is 68.4 Å². The highest BCUT2D eigenvalue weighted by Crippen LogP contribution is 2.32. The van der Waals surface area contributed by atoms with Crippen molar-refractivity contribution >= 4 is 62.3 Å². The number of carbonyl (C=O) groups is 2. The van der Waals surface area contributed by atoms with Gasteiger partial charge in [0.15, 0.2) is 0 Å². The number of rotatable bonds is 9. The SMILES string of the molecule is CNC(=O)C(C)N(Cc1c(Cl)cccc1Cl)C(=O)CN(c1cccc(Cl)c1C)S(=O)(=O)c1ccccc1. The molecule has 3 aromatic carbocycles. The highest BCUT2D eigenvalue weighted by Gasteiger charge is 2.33. The summed E-state index contributed by atoms with van der Waals surface area (Å²) in [7, 11) is -2.74. The normalized spacial score (nSPS) is 12.1. The van der Waals surface area contributed by atoms with Crippen LogP contribution in [0.4, 0.5) is 5.69 Å². The van der Waals surface area contributed by atoms with Crippen LogP contribution in [0.3, 0.4) is 0 Å². The van der Waals surface area contributed by atoms with Crippen LogP contribution >= 0.6 is 34.8 Å². The van der Waals surface area contributed by atoms with Gasteiger partial charge in [0.25, 0.3) is 10.0 Å². The van der Waals surface area contributed by atoms with E-state index < -0.39 is 34.4 Å². The van der Waals surface area contributed by atoms with Gasteiger partial charge in [-0.3, -0.25) is 13.9 Å². The van der Waals surface area contributed by atoms with E-state index >= 15 is 0 Å². The fraction of sp³-hybridized carbons (Fsp3) is 0.231. The first-order valence-electron chi connectivity index (χ1n) is 11.3. The lowest BCUT2D eigenvalue weighted by Gasteiger charge is -2.32. The first-order valence-corrected chi connectivity index (χ1v) is 13.8. The van der Waals surface area contributed by atoms with Gasteiger partial charge < -0.3 is 10.2 Å². The van der Waals surface area contributed by atoms with Crippen LogP contribution in [0, 0.1) is 6.92 Å². The predicted molar refractivity (Wildman–Crippen MR) is 148 cm³/mol. The third kappa shape index (κ3) is 6.38. The van der Waals surface area contributed by atoms with Crippen molar-refractivity contribution in [2.75, 3.05) is 17.9 Å². The van der Waals surface area contributed by atoms with Crippen molar-refractivity contribution in [1.29, 1.82) is 0 Å². The number of nitrogens with one attached hydrogen (secondary N) is 1. The summed E-state index contributed by atoms with van der Waals surface area (Å²) in [5, 5.41) is 3.50. The molecule has 196 valence electrons. The predicted octanol–water partition coefficient (Wildman–Crippen LogP) is 5.31. The first kappa shape index (κ1) is 28.8. The van der Waals surface area contributed by atoms with Crippen LogP contribution in [-0.4, -0.2) is 44.8 Å². The molecule has 0 aliphatic carbocycles. The second kappa shape index (κ2) is 12.2. The molecule has 0 aliphatic heterocycles. The van der Waals surface area contributed by atoms with Gasteiger partial charge in [-0.25, -0.2) is 8.42 Å². The summed E-state index contributed by atoms with van der Waals surface area (Å²) in [5.41, 5.74) is 1.16. The highest BCUT2D eigenvalue weighted by atomic mass is 35.5. The third-order valence-corrected chi connectivity index (χ3v) is 8.81. The number of sulfonamides is 1. The first-order chi connectivity index (χ1) is 17.5. The molecule has 0 saturated carbocycles. The third-order valence-electron chi connectivity index (χ3n) is 5.92. The van der Waals surface area contributed by atoms with Crippen LogP contribution in [0.1, 0.15) is 18.1 Å². The molecule has 3 aromatic rings. The van der Waals surface area contributed by atoms with E-state index in [0.717, 1.165) is 4.31 Å². The Hall–Kier alpha value is -2.78. The fourth-order valence-corrected chi connectivity index (χ4v) is 5.92. The minimum atomic E-state index is -4.19. The largest absolute Gasteiger partial charge is 0.357 e. The lowest BCUT2D eigenvalue weighted by molar-refractivity contribution is -0.139. The lowest BCUT2D eigenvalue weighted by atomic mass is 10.1. The van der Waals surface area contributed by atoms with Crippen LogP contribution < -0.4 is 9.62 Å². The summed E-state index contributed by atoms with van der Waals surface area (Å²) in [4.78, 5) is 27.6. The Morgan fingerprint density at radius 2 is 1.46 bits per heavy atom. The summed E-state index contributed by atoms with van der Waals surface area (Å²) in [6.45, 7) is 2.51. The van der Waals surface area contributed by atoms with Crippen LogP contribution in [0.5, 0.6) is 0 Å². The zero-order valence-electron chi connectivity index (χ0n) is 20.4. The molecule has 3 rings (SSSR count). The molecule has 0 bridgehead atoms. The van der Waals surface area contributed by atoms with Gasteiger partial charge in [-0.2, -0.15) is 0 Å². The van der Waals surface area contributed by atoms with Crippen LogP contribution in [-0.2, 0) is 26.2 Å². The van der Waals surface area contributed by atoms with Crippen molar-refractivity contribution < 1.29 is 18.0 Å². The number of halogens is 3. The monoisotopic (exact) mass is 581 g/mol. The number of hydrogen-bond acceptors (Lipinski definition) is 4. The van der Waals surface area contributed by atoms with Gasteiger partial charge in [-0.15, -0.1) is 0 Å². The van der Waals surface area contributed by atoms with E-state index in [2.05, 4.69) is 5.32 Å². The lowest BCUT2D eigenvalue weighted by Crippen LogP contribution is -2.50. The second-order valence-corrected chi connectivity index (χ2v) is 11.3. The quantitative estimate of drug-likeness (QED) is 0.370. The number of nitrogens with zero attached hydrogens (tertiary/aromatic N) is 2. The Kier molecular flexibility index (Phi) is 9.47. The maximum atomic E-state index is 13.8. The average Bonchev–Trinajstić information content (AvgIpc) is 2.88. The molecule has 7 nitrogen and oxygen atoms in total. The number of carbonyl (C=O) groups excluding carboxylic acids is 2. The van der Waals surface area contributed by atoms with Crippen LogP contribution in [0.15, 0.2) is 71.6 Å². The Balaban J connectivity index is 2.10. The molecule has 1 unspecified atom stereocenters. The Bertz CT molecular complexity index is 1380. The second-order valence-electron chi connectivity index (χ2n) is 8.22. The van der Waals surface area contributed by atoms with Gasteiger partial charge in [0.2, 0.25) is 11.8 Å². The van der Waals surface area contributed by atoms with Gasteiger partial charge in [0.1, 0.15) is 12.6 Å². The smallest absolute Gasteiger partial charge is 0.264 e. The molecular weight excluding hydrogens is 557 g/mol. The summed E-state index contributed by atoms with van der Waals surface area (Å²) < 4.78 is 28.5. The summed E-state index contributed by atoms with van der Waals surface area (Å²) in [6, 6.07) is 16.5. The maximum absolute atomic E-state index is 13.8. The summed E-state index contributed by atoms with van der Waals surface area (Å²) >= 11 is 19.0. The Morgan fingerprint density at radius 3 is 2.05 bits per heavy atom. The van der Waals surface area contributed by atoms with E-state index in [0.29, 0.717) is 26.2 Å². The minimum absolute atomic E-state index is 0.00206. The molecule has 1 N–H and O–H groups in total. The fourth-order valence-electron chi connectivity index (χ4n) is 3.74. The number of benzene rings is 3. The minimum Gasteiger partial charge on any atom is -0.357 e. The molecule has 0 spiro atoms. The topological polar surface area (TPSA) is 86.8 Å². The molecule has 0 fully saturated rings. The van der Waals surface area contributed by atoms with Crippen molar-refractivity contribution in [3.8, 4) is 0 Å². The zero-order chi connectivity index (χ0) is 27.3. The molecule has 0 saturated heterocycles.